The van der Waals surface area contributed by atoms with E-state index in [2.05, 4.69) is 5.32 Å². The summed E-state index contributed by atoms with van der Waals surface area (Å²) in [7, 11) is -2.29. The molecule has 1 aliphatic heterocycles. The fraction of sp³-hybridized carbons (Fsp3) is 0.316. The largest absolute Gasteiger partial charge is 0.497 e. The number of halogens is 1. The predicted octanol–water partition coefficient (Wildman–Crippen LogP) is 0.362. The van der Waals surface area contributed by atoms with Gasteiger partial charge in [-0.15, -0.1) is 0 Å². The summed E-state index contributed by atoms with van der Waals surface area (Å²) in [6.45, 7) is 1.66. The van der Waals surface area contributed by atoms with Crippen LogP contribution in [0.2, 0.25) is 0 Å². The third-order valence-electron chi connectivity index (χ3n) is 4.67. The second kappa shape index (κ2) is 8.68. The highest BCUT2D eigenvalue weighted by molar-refractivity contribution is 7.89. The number of methoxy groups -OCH3 is 1. The lowest BCUT2D eigenvalue weighted by Crippen LogP contribution is -3.15. The highest BCUT2D eigenvalue weighted by Crippen LogP contribution is 2.19. The third-order valence-corrected chi connectivity index (χ3v) is 6.60. The first-order chi connectivity index (χ1) is 13.4. The van der Waals surface area contributed by atoms with Crippen LogP contribution in [0.4, 0.5) is 10.1 Å². The number of ether oxygens (including phenoxy) is 1. The fourth-order valence-electron chi connectivity index (χ4n) is 3.12. The molecular formula is C19H23FN3O4S+. The second-order valence-corrected chi connectivity index (χ2v) is 8.44. The van der Waals surface area contributed by atoms with Crippen LogP contribution < -0.4 is 15.0 Å². The molecule has 0 unspecified atom stereocenters. The molecule has 1 fully saturated rings. The summed E-state index contributed by atoms with van der Waals surface area (Å²) >= 11 is 0. The molecule has 1 heterocycles. The Labute approximate surface area is 163 Å². The van der Waals surface area contributed by atoms with Crippen molar-refractivity contribution in [3.8, 4) is 5.75 Å². The van der Waals surface area contributed by atoms with Crippen molar-refractivity contribution in [2.45, 2.75) is 4.90 Å². The van der Waals surface area contributed by atoms with Gasteiger partial charge in [0.25, 0.3) is 5.91 Å². The molecule has 0 radical (unpaired) electrons. The average Bonchev–Trinajstić information content (AvgIpc) is 2.69. The van der Waals surface area contributed by atoms with Gasteiger partial charge >= 0.3 is 0 Å². The van der Waals surface area contributed by atoms with E-state index in [1.807, 2.05) is 0 Å². The number of hydrogen-bond donors (Lipinski definition) is 2. The number of anilines is 1. The van der Waals surface area contributed by atoms with E-state index in [0.29, 0.717) is 24.5 Å². The number of quaternary nitrogens is 1. The van der Waals surface area contributed by atoms with Crippen LogP contribution >= 0.6 is 0 Å². The van der Waals surface area contributed by atoms with E-state index in [1.54, 1.807) is 31.4 Å². The summed E-state index contributed by atoms with van der Waals surface area (Å²) in [6, 6.07) is 12.4. The fourth-order valence-corrected chi connectivity index (χ4v) is 4.63. The van der Waals surface area contributed by atoms with E-state index in [1.165, 1.54) is 22.5 Å². The zero-order valence-corrected chi connectivity index (χ0v) is 16.3. The maximum atomic E-state index is 13.9. The van der Waals surface area contributed by atoms with Gasteiger partial charge in [0.1, 0.15) is 16.5 Å². The number of rotatable bonds is 6. The van der Waals surface area contributed by atoms with Crippen LogP contribution in [0.5, 0.6) is 5.75 Å². The minimum absolute atomic E-state index is 0.148. The van der Waals surface area contributed by atoms with E-state index in [0.717, 1.165) is 11.0 Å². The van der Waals surface area contributed by atoms with Crippen LogP contribution in [-0.4, -0.2) is 58.5 Å². The van der Waals surface area contributed by atoms with Crippen LogP contribution in [0, 0.1) is 5.82 Å². The standard InChI is InChI=1S/C19H22FN3O4S/c1-27-16-8-6-15(7-9-16)21-19(24)14-22-10-12-23(13-11-22)28(25,26)18-5-3-2-4-17(18)20/h2-9H,10-14H2,1H3,(H,21,24)/p+1. The van der Waals surface area contributed by atoms with Crippen molar-refractivity contribution in [2.24, 2.45) is 0 Å². The zero-order valence-electron chi connectivity index (χ0n) is 15.5. The van der Waals surface area contributed by atoms with Crippen molar-refractivity contribution in [3.05, 3.63) is 54.3 Å². The zero-order chi connectivity index (χ0) is 20.1. The molecule has 0 atom stereocenters. The number of sulfonamides is 1. The Morgan fingerprint density at radius 1 is 1.14 bits per heavy atom. The Balaban J connectivity index is 1.53. The van der Waals surface area contributed by atoms with E-state index in [9.17, 15) is 17.6 Å². The molecule has 2 aromatic rings. The van der Waals surface area contributed by atoms with Crippen molar-refractivity contribution in [2.75, 3.05) is 45.2 Å². The van der Waals surface area contributed by atoms with Gasteiger partial charge < -0.3 is 15.0 Å². The van der Waals surface area contributed by atoms with Gasteiger partial charge in [-0.25, -0.2) is 12.8 Å². The highest BCUT2D eigenvalue weighted by Gasteiger charge is 2.32. The van der Waals surface area contributed by atoms with E-state index in [4.69, 9.17) is 4.74 Å². The molecule has 150 valence electrons. The quantitative estimate of drug-likeness (QED) is 0.724. The van der Waals surface area contributed by atoms with E-state index < -0.39 is 15.8 Å². The van der Waals surface area contributed by atoms with Gasteiger partial charge in [-0.1, -0.05) is 12.1 Å². The number of nitrogens with one attached hydrogen (secondary N) is 2. The van der Waals surface area contributed by atoms with Gasteiger partial charge in [0.2, 0.25) is 10.0 Å². The summed E-state index contributed by atoms with van der Waals surface area (Å²) in [5, 5.41) is 2.82. The van der Waals surface area contributed by atoms with Crippen LogP contribution in [-0.2, 0) is 14.8 Å². The van der Waals surface area contributed by atoms with Crippen LogP contribution in [0.25, 0.3) is 0 Å². The summed E-state index contributed by atoms with van der Waals surface area (Å²) in [4.78, 5) is 12.9. The number of hydrogen-bond acceptors (Lipinski definition) is 4. The predicted molar refractivity (Wildman–Crippen MR) is 102 cm³/mol. The minimum atomic E-state index is -3.87. The molecule has 3 rings (SSSR count). The first-order valence-corrected chi connectivity index (χ1v) is 10.4. The molecule has 0 aliphatic carbocycles. The van der Waals surface area contributed by atoms with Crippen molar-refractivity contribution in [1.29, 1.82) is 0 Å². The second-order valence-electron chi connectivity index (χ2n) is 6.54. The Kier molecular flexibility index (Phi) is 6.28. The monoisotopic (exact) mass is 408 g/mol. The SMILES string of the molecule is COc1ccc(NC(=O)C[NH+]2CCN(S(=O)(=O)c3ccccc3F)CC2)cc1. The number of benzene rings is 2. The molecule has 1 aliphatic rings. The van der Waals surface area contributed by atoms with Crippen molar-refractivity contribution in [3.63, 3.8) is 0 Å². The molecule has 9 heteroatoms. The molecule has 0 bridgehead atoms. The first kappa shape index (κ1) is 20.2. The van der Waals surface area contributed by atoms with Crippen LogP contribution in [0.3, 0.4) is 0 Å². The highest BCUT2D eigenvalue weighted by atomic mass is 32.2. The normalized spacial score (nSPS) is 15.9. The molecule has 7 nitrogen and oxygen atoms in total. The maximum Gasteiger partial charge on any atom is 0.279 e. The number of carbonyl (C=O) groups excluding carboxylic acids is 1. The van der Waals surface area contributed by atoms with E-state index in [-0.39, 0.29) is 30.4 Å². The van der Waals surface area contributed by atoms with Gasteiger partial charge in [0, 0.05) is 5.69 Å². The van der Waals surface area contributed by atoms with Gasteiger partial charge in [-0.05, 0) is 36.4 Å². The summed E-state index contributed by atoms with van der Waals surface area (Å²) < 4.78 is 45.5. The molecular weight excluding hydrogens is 385 g/mol. The molecule has 1 amide bonds. The molecule has 0 spiro atoms. The van der Waals surface area contributed by atoms with E-state index >= 15 is 0 Å². The van der Waals surface area contributed by atoms with Crippen molar-refractivity contribution >= 4 is 21.6 Å². The summed E-state index contributed by atoms with van der Waals surface area (Å²) in [5.41, 5.74) is 0.672. The number of nitrogens with zero attached hydrogens (tertiary/aromatic N) is 1. The Hall–Kier alpha value is -2.49. The van der Waals surface area contributed by atoms with Gasteiger partial charge in [0.05, 0.1) is 33.3 Å². The lowest BCUT2D eigenvalue weighted by molar-refractivity contribution is -0.895. The third kappa shape index (κ3) is 4.67. The Bertz CT molecular complexity index is 926. The summed E-state index contributed by atoms with van der Waals surface area (Å²) in [6.07, 6.45) is 0. The number of amides is 1. The van der Waals surface area contributed by atoms with Crippen molar-refractivity contribution in [1.82, 2.24) is 4.31 Å². The van der Waals surface area contributed by atoms with Crippen LogP contribution in [0.1, 0.15) is 0 Å². The number of piperazine rings is 1. The molecule has 0 aromatic heterocycles. The molecule has 2 aromatic carbocycles. The molecule has 28 heavy (non-hydrogen) atoms. The molecule has 0 saturated carbocycles. The van der Waals surface area contributed by atoms with Gasteiger partial charge in [0.15, 0.2) is 6.54 Å². The van der Waals surface area contributed by atoms with Crippen LogP contribution in [0.15, 0.2) is 53.4 Å². The lowest BCUT2D eigenvalue weighted by Gasteiger charge is -2.31. The van der Waals surface area contributed by atoms with Crippen molar-refractivity contribution < 1.29 is 27.2 Å². The maximum absolute atomic E-state index is 13.9. The Morgan fingerprint density at radius 2 is 1.79 bits per heavy atom. The number of carbonyl (C=O) groups is 1. The first-order valence-electron chi connectivity index (χ1n) is 8.92. The lowest BCUT2D eigenvalue weighted by atomic mass is 10.3. The summed E-state index contributed by atoms with van der Waals surface area (Å²) in [5.74, 6) is -0.197. The topological polar surface area (TPSA) is 80.2 Å². The Morgan fingerprint density at radius 3 is 2.39 bits per heavy atom. The smallest absolute Gasteiger partial charge is 0.279 e. The molecule has 1 saturated heterocycles. The van der Waals surface area contributed by atoms with Gasteiger partial charge in [-0.3, -0.25) is 4.79 Å². The van der Waals surface area contributed by atoms with Gasteiger partial charge in [-0.2, -0.15) is 4.31 Å². The molecule has 2 N–H and O–H groups in total. The average molecular weight is 408 g/mol. The minimum Gasteiger partial charge on any atom is -0.497 e.